The Morgan fingerprint density at radius 1 is 0.842 bits per heavy atom. The molecule has 2 aromatic heterocycles. The minimum Gasteiger partial charge on any atom is -0.496 e. The molecule has 5 aromatic rings. The van der Waals surface area contributed by atoms with Crippen LogP contribution in [0.25, 0.3) is 22.1 Å². The van der Waals surface area contributed by atoms with Gasteiger partial charge in [0.1, 0.15) is 23.1 Å². The molecule has 0 bridgehead atoms. The largest absolute Gasteiger partial charge is 0.496 e. The molecule has 0 aliphatic carbocycles. The van der Waals surface area contributed by atoms with E-state index in [1.165, 1.54) is 0 Å². The summed E-state index contributed by atoms with van der Waals surface area (Å²) in [5, 5.41) is 2.65. The van der Waals surface area contributed by atoms with Crippen LogP contribution in [0.1, 0.15) is 41.6 Å². The lowest BCUT2D eigenvalue weighted by atomic mass is 9.95. The SMILES string of the molecule is COc1cc(N2CCC(CN3CCN(c4ccc(Oc5cc6oc7cccc(N)c7c(=O)c6nc5N)cc4)CC3)CC2)cc2c1CN(C1CCC(=O)NC1=O)C2=O. The molecule has 15 heteroatoms. The lowest BCUT2D eigenvalue weighted by Crippen LogP contribution is -2.52. The molecule has 1 atom stereocenters. The van der Waals surface area contributed by atoms with E-state index in [1.807, 2.05) is 36.4 Å². The number of fused-ring (bicyclic) bond motifs is 3. The summed E-state index contributed by atoms with van der Waals surface area (Å²) in [4.78, 5) is 64.0. The van der Waals surface area contributed by atoms with E-state index in [2.05, 4.69) is 25.0 Å². The predicted molar refractivity (Wildman–Crippen MR) is 216 cm³/mol. The van der Waals surface area contributed by atoms with Gasteiger partial charge in [0, 0.05) is 87.0 Å². The number of anilines is 4. The number of amides is 3. The molecule has 9 rings (SSSR count). The molecule has 3 fully saturated rings. The van der Waals surface area contributed by atoms with E-state index in [-0.39, 0.29) is 52.5 Å². The highest BCUT2D eigenvalue weighted by Gasteiger charge is 2.41. The Balaban J connectivity index is 0.775. The molecule has 0 spiro atoms. The Labute approximate surface area is 328 Å². The number of piperidine rings is 2. The van der Waals surface area contributed by atoms with Crippen molar-refractivity contribution in [3.8, 4) is 17.2 Å². The number of carbonyl (C=O) groups is 3. The Morgan fingerprint density at radius 3 is 2.33 bits per heavy atom. The number of imide groups is 1. The molecule has 3 saturated heterocycles. The van der Waals surface area contributed by atoms with Gasteiger partial charge in [0.15, 0.2) is 22.7 Å². The summed E-state index contributed by atoms with van der Waals surface area (Å²) < 4.78 is 17.8. The minimum atomic E-state index is -0.661. The van der Waals surface area contributed by atoms with Crippen LogP contribution in [0.5, 0.6) is 17.2 Å². The molecule has 1 unspecified atom stereocenters. The number of benzene rings is 3. The number of rotatable bonds is 8. The van der Waals surface area contributed by atoms with Gasteiger partial charge in [-0.25, -0.2) is 4.98 Å². The molecule has 3 amide bonds. The predicted octanol–water partition coefficient (Wildman–Crippen LogP) is 4.11. The van der Waals surface area contributed by atoms with Crippen molar-refractivity contribution in [3.05, 3.63) is 82.0 Å². The summed E-state index contributed by atoms with van der Waals surface area (Å²) >= 11 is 0. The van der Waals surface area contributed by atoms with Crippen molar-refractivity contribution in [1.29, 1.82) is 0 Å². The van der Waals surface area contributed by atoms with Crippen molar-refractivity contribution in [2.75, 3.05) is 74.2 Å². The number of aromatic nitrogens is 1. The van der Waals surface area contributed by atoms with Gasteiger partial charge in [-0.2, -0.15) is 0 Å². The Morgan fingerprint density at radius 2 is 1.60 bits per heavy atom. The first-order valence-corrected chi connectivity index (χ1v) is 19.4. The van der Waals surface area contributed by atoms with Crippen LogP contribution < -0.4 is 41.5 Å². The quantitative estimate of drug-likeness (QED) is 0.116. The maximum atomic E-state index is 13.5. The molecule has 294 valence electrons. The normalized spacial score (nSPS) is 19.4. The number of nitrogens with one attached hydrogen (secondary N) is 1. The highest BCUT2D eigenvalue weighted by atomic mass is 16.5. The van der Waals surface area contributed by atoms with Crippen molar-refractivity contribution in [1.82, 2.24) is 20.1 Å². The van der Waals surface area contributed by atoms with Gasteiger partial charge in [0.25, 0.3) is 5.91 Å². The van der Waals surface area contributed by atoms with Gasteiger partial charge in [0.2, 0.25) is 17.2 Å². The van der Waals surface area contributed by atoms with E-state index in [1.54, 1.807) is 36.3 Å². The van der Waals surface area contributed by atoms with Gasteiger partial charge in [0.05, 0.1) is 24.6 Å². The van der Waals surface area contributed by atoms with Crippen LogP contribution in [-0.4, -0.2) is 91.5 Å². The van der Waals surface area contributed by atoms with Crippen molar-refractivity contribution in [2.45, 2.75) is 38.3 Å². The van der Waals surface area contributed by atoms with Gasteiger partial charge in [-0.3, -0.25) is 29.4 Å². The Bertz CT molecular complexity index is 2470. The van der Waals surface area contributed by atoms with E-state index >= 15 is 0 Å². The summed E-state index contributed by atoms with van der Waals surface area (Å²) in [5.74, 6) is 1.27. The van der Waals surface area contributed by atoms with E-state index in [0.717, 1.165) is 75.6 Å². The smallest absolute Gasteiger partial charge is 0.255 e. The summed E-state index contributed by atoms with van der Waals surface area (Å²) in [6.45, 7) is 6.87. The maximum absolute atomic E-state index is 13.5. The summed E-state index contributed by atoms with van der Waals surface area (Å²) in [6, 6.07) is 17.8. The molecule has 4 aliphatic heterocycles. The number of nitrogens with two attached hydrogens (primary N) is 2. The molecule has 15 nitrogen and oxygen atoms in total. The second-order valence-electron chi connectivity index (χ2n) is 15.3. The van der Waals surface area contributed by atoms with Crippen LogP contribution in [0, 0.1) is 5.92 Å². The summed E-state index contributed by atoms with van der Waals surface area (Å²) in [5.41, 5.74) is 16.4. The zero-order valence-corrected chi connectivity index (χ0v) is 31.7. The van der Waals surface area contributed by atoms with Crippen molar-refractivity contribution in [3.63, 3.8) is 0 Å². The van der Waals surface area contributed by atoms with E-state index in [0.29, 0.717) is 46.4 Å². The third-order valence-electron chi connectivity index (χ3n) is 11.8. The fraction of sp³-hybridized carbons (Fsp3) is 0.357. The molecule has 57 heavy (non-hydrogen) atoms. The van der Waals surface area contributed by atoms with Crippen LogP contribution in [0.3, 0.4) is 0 Å². The Kier molecular flexibility index (Phi) is 9.31. The topological polar surface area (TPSA) is 190 Å². The fourth-order valence-electron chi connectivity index (χ4n) is 8.68. The number of carbonyl (C=O) groups excluding carboxylic acids is 3. The standard InChI is InChI=1S/C42H44N8O7/c1-55-33-20-26(19-28-29(33)23-50(42(28)54)31-9-10-36(51)45-41(31)53)48-13-11-24(12-14-48)22-47-15-17-49(18-16-47)25-5-7-27(8-6-25)56-35-21-34-38(46-40(35)44)39(52)37-30(43)3-2-4-32(37)57-34/h2-8,19-21,24,31H,9-18,22-23,43H2,1H3,(H2,44,46)(H,45,51,53). The van der Waals surface area contributed by atoms with Gasteiger partial charge in [-0.05, 0) is 67.6 Å². The molecule has 5 N–H and O–H groups in total. The van der Waals surface area contributed by atoms with Gasteiger partial charge in [-0.1, -0.05) is 6.07 Å². The van der Waals surface area contributed by atoms with E-state index < -0.39 is 11.9 Å². The van der Waals surface area contributed by atoms with Crippen LogP contribution in [0.15, 0.2) is 69.9 Å². The number of ether oxygens (including phenoxy) is 2. The Hall–Kier alpha value is -6.35. The maximum Gasteiger partial charge on any atom is 0.255 e. The fourth-order valence-corrected chi connectivity index (χ4v) is 8.68. The number of methoxy groups -OCH3 is 1. The van der Waals surface area contributed by atoms with E-state index in [9.17, 15) is 19.2 Å². The van der Waals surface area contributed by atoms with Gasteiger partial charge < -0.3 is 40.1 Å². The molecule has 6 heterocycles. The van der Waals surface area contributed by atoms with Gasteiger partial charge in [-0.15, -0.1) is 0 Å². The summed E-state index contributed by atoms with van der Waals surface area (Å²) in [6.07, 6.45) is 2.64. The van der Waals surface area contributed by atoms with Gasteiger partial charge >= 0.3 is 0 Å². The van der Waals surface area contributed by atoms with Crippen LogP contribution in [0.4, 0.5) is 22.9 Å². The average Bonchev–Trinajstić information content (AvgIpc) is 3.54. The zero-order valence-electron chi connectivity index (χ0n) is 31.7. The van der Waals surface area contributed by atoms with Crippen molar-refractivity contribution < 1.29 is 28.3 Å². The lowest BCUT2D eigenvalue weighted by molar-refractivity contribution is -0.136. The first-order chi connectivity index (χ1) is 27.6. The number of nitrogen functional groups attached to an aromatic ring is 2. The van der Waals surface area contributed by atoms with Crippen molar-refractivity contribution in [2.24, 2.45) is 5.92 Å². The highest BCUT2D eigenvalue weighted by Crippen LogP contribution is 2.39. The number of hydrogen-bond acceptors (Lipinski definition) is 13. The number of nitrogens with zero attached hydrogens (tertiary/aromatic N) is 5. The second kappa shape index (κ2) is 14.6. The lowest BCUT2D eigenvalue weighted by Gasteiger charge is -2.40. The molecule has 4 aliphatic rings. The molecular formula is C42H44N8O7. The first kappa shape index (κ1) is 36.3. The monoisotopic (exact) mass is 772 g/mol. The minimum absolute atomic E-state index is 0.0783. The van der Waals surface area contributed by atoms with Crippen LogP contribution >= 0.6 is 0 Å². The third kappa shape index (κ3) is 6.81. The van der Waals surface area contributed by atoms with Crippen LogP contribution in [0.2, 0.25) is 0 Å². The highest BCUT2D eigenvalue weighted by molar-refractivity contribution is 6.06. The number of piperazine rings is 1. The number of hydrogen-bond donors (Lipinski definition) is 3. The second-order valence-corrected chi connectivity index (χ2v) is 15.3. The molecule has 0 saturated carbocycles. The molecule has 0 radical (unpaired) electrons. The average molecular weight is 773 g/mol. The third-order valence-corrected chi connectivity index (χ3v) is 11.8. The molecule has 3 aromatic carbocycles. The number of pyridine rings is 1. The van der Waals surface area contributed by atoms with Crippen LogP contribution in [-0.2, 0) is 16.1 Å². The first-order valence-electron chi connectivity index (χ1n) is 19.4. The zero-order chi connectivity index (χ0) is 39.4. The summed E-state index contributed by atoms with van der Waals surface area (Å²) in [7, 11) is 1.61. The molecular weight excluding hydrogens is 729 g/mol. The van der Waals surface area contributed by atoms with E-state index in [4.69, 9.17) is 25.4 Å². The van der Waals surface area contributed by atoms with Crippen molar-refractivity contribution >= 4 is 62.7 Å².